The van der Waals surface area contributed by atoms with Crippen LogP contribution in [0.15, 0.2) is 18.2 Å². The zero-order chi connectivity index (χ0) is 11.4. The zero-order valence-corrected chi connectivity index (χ0v) is 8.90. The van der Waals surface area contributed by atoms with Gasteiger partial charge in [0.1, 0.15) is 0 Å². The first-order valence-electron chi connectivity index (χ1n) is 4.92. The van der Waals surface area contributed by atoms with Crippen LogP contribution in [-0.4, -0.2) is 17.8 Å². The van der Waals surface area contributed by atoms with E-state index in [0.29, 0.717) is 12.2 Å². The fraction of sp³-hybridized carbons (Fsp3) is 0.455. The van der Waals surface area contributed by atoms with Gasteiger partial charge in [-0.2, -0.15) is 0 Å². The first-order valence-corrected chi connectivity index (χ1v) is 4.92. The van der Waals surface area contributed by atoms with E-state index < -0.39 is 18.0 Å². The lowest BCUT2D eigenvalue weighted by Gasteiger charge is -2.15. The van der Waals surface area contributed by atoms with E-state index in [-0.39, 0.29) is 5.75 Å². The Kier molecular flexibility index (Phi) is 4.05. The van der Waals surface area contributed by atoms with Crippen molar-refractivity contribution in [1.29, 1.82) is 0 Å². The number of aliphatic hydroxyl groups excluding tert-OH is 1. The minimum atomic E-state index is -0.852. The van der Waals surface area contributed by atoms with Crippen molar-refractivity contribution in [2.24, 2.45) is 5.73 Å². The van der Waals surface area contributed by atoms with Gasteiger partial charge in [0.05, 0.1) is 12.7 Å². The van der Waals surface area contributed by atoms with Gasteiger partial charge in [0.2, 0.25) is 0 Å². The van der Waals surface area contributed by atoms with E-state index in [4.69, 9.17) is 10.5 Å². The number of halogens is 1. The molecule has 0 aliphatic carbocycles. The summed E-state index contributed by atoms with van der Waals surface area (Å²) >= 11 is 0. The second-order valence-electron chi connectivity index (χ2n) is 3.43. The summed E-state index contributed by atoms with van der Waals surface area (Å²) in [6.07, 6.45) is -0.852. The average Bonchev–Trinajstić information content (AvgIpc) is 2.20. The maximum absolute atomic E-state index is 13.4. The Morgan fingerprint density at radius 2 is 2.20 bits per heavy atom. The van der Waals surface area contributed by atoms with E-state index in [1.54, 1.807) is 19.9 Å². The normalized spacial score (nSPS) is 14.7. The molecular weight excluding hydrogens is 197 g/mol. The van der Waals surface area contributed by atoms with Crippen LogP contribution in [0, 0.1) is 5.82 Å². The molecule has 0 radical (unpaired) electrons. The highest BCUT2D eigenvalue weighted by Gasteiger charge is 2.14. The highest BCUT2D eigenvalue weighted by Crippen LogP contribution is 2.23. The molecule has 1 rings (SSSR count). The Bertz CT molecular complexity index is 328. The molecule has 0 spiro atoms. The van der Waals surface area contributed by atoms with Crippen LogP contribution in [0.2, 0.25) is 0 Å². The van der Waals surface area contributed by atoms with Gasteiger partial charge in [0.15, 0.2) is 11.6 Å². The Morgan fingerprint density at radius 3 is 2.67 bits per heavy atom. The minimum Gasteiger partial charge on any atom is -0.491 e. The topological polar surface area (TPSA) is 55.5 Å². The monoisotopic (exact) mass is 213 g/mol. The van der Waals surface area contributed by atoms with Crippen LogP contribution >= 0.6 is 0 Å². The smallest absolute Gasteiger partial charge is 0.165 e. The molecule has 3 N–H and O–H groups in total. The summed E-state index contributed by atoms with van der Waals surface area (Å²) in [6.45, 7) is 3.86. The van der Waals surface area contributed by atoms with Gasteiger partial charge < -0.3 is 15.6 Å². The number of ether oxygens (including phenoxy) is 1. The third-order valence-corrected chi connectivity index (χ3v) is 2.10. The lowest BCUT2D eigenvalue weighted by Crippen LogP contribution is -2.24. The van der Waals surface area contributed by atoms with Crippen molar-refractivity contribution >= 4 is 0 Å². The summed E-state index contributed by atoms with van der Waals surface area (Å²) in [6, 6.07) is 3.93. The molecule has 0 aromatic heterocycles. The summed E-state index contributed by atoms with van der Waals surface area (Å²) in [5.41, 5.74) is 5.97. The molecule has 0 aliphatic heterocycles. The van der Waals surface area contributed by atoms with Gasteiger partial charge in [0, 0.05) is 6.04 Å². The van der Waals surface area contributed by atoms with Crippen molar-refractivity contribution in [3.05, 3.63) is 29.6 Å². The average molecular weight is 213 g/mol. The number of benzene rings is 1. The highest BCUT2D eigenvalue weighted by atomic mass is 19.1. The molecular formula is C11H16FNO2. The van der Waals surface area contributed by atoms with Crippen molar-refractivity contribution < 1.29 is 14.2 Å². The van der Waals surface area contributed by atoms with Crippen LogP contribution in [0.5, 0.6) is 5.75 Å². The summed E-state index contributed by atoms with van der Waals surface area (Å²) in [4.78, 5) is 0. The molecule has 0 heterocycles. The van der Waals surface area contributed by atoms with E-state index in [1.165, 1.54) is 12.1 Å². The Hall–Kier alpha value is -1.13. The standard InChI is InChI=1S/C11H16FNO2/c1-3-15-10-5-4-8(6-9(10)12)11(14)7(2)13/h4-7,11,14H,3,13H2,1-2H3. The summed E-state index contributed by atoms with van der Waals surface area (Å²) in [7, 11) is 0. The largest absolute Gasteiger partial charge is 0.491 e. The number of hydrogen-bond acceptors (Lipinski definition) is 3. The van der Waals surface area contributed by atoms with Crippen LogP contribution in [0.25, 0.3) is 0 Å². The van der Waals surface area contributed by atoms with Crippen molar-refractivity contribution in [3.63, 3.8) is 0 Å². The molecule has 3 nitrogen and oxygen atoms in total. The van der Waals surface area contributed by atoms with E-state index in [9.17, 15) is 9.50 Å². The summed E-state index contributed by atoms with van der Waals surface area (Å²) in [5.74, 6) is -0.285. The van der Waals surface area contributed by atoms with Crippen LogP contribution in [0.1, 0.15) is 25.5 Å². The second-order valence-corrected chi connectivity index (χ2v) is 3.43. The SMILES string of the molecule is CCOc1ccc(C(O)C(C)N)cc1F. The van der Waals surface area contributed by atoms with Gasteiger partial charge in [-0.05, 0) is 31.5 Å². The van der Waals surface area contributed by atoms with Crippen LogP contribution in [0.4, 0.5) is 4.39 Å². The molecule has 2 unspecified atom stereocenters. The molecule has 2 atom stereocenters. The zero-order valence-electron chi connectivity index (χ0n) is 8.90. The number of nitrogens with two attached hydrogens (primary N) is 1. The van der Waals surface area contributed by atoms with Crippen molar-refractivity contribution in [1.82, 2.24) is 0 Å². The molecule has 0 fully saturated rings. The van der Waals surface area contributed by atoms with E-state index >= 15 is 0 Å². The Balaban J connectivity index is 2.90. The molecule has 0 bridgehead atoms. The number of rotatable bonds is 4. The molecule has 4 heteroatoms. The Labute approximate surface area is 88.7 Å². The Morgan fingerprint density at radius 1 is 1.53 bits per heavy atom. The van der Waals surface area contributed by atoms with Gasteiger partial charge in [-0.15, -0.1) is 0 Å². The first kappa shape index (κ1) is 11.9. The highest BCUT2D eigenvalue weighted by molar-refractivity contribution is 5.30. The summed E-state index contributed by atoms with van der Waals surface area (Å²) < 4.78 is 18.4. The summed E-state index contributed by atoms with van der Waals surface area (Å²) in [5, 5.41) is 9.61. The van der Waals surface area contributed by atoms with E-state index in [1.807, 2.05) is 0 Å². The fourth-order valence-corrected chi connectivity index (χ4v) is 1.28. The third-order valence-electron chi connectivity index (χ3n) is 2.10. The third kappa shape index (κ3) is 2.91. The van der Waals surface area contributed by atoms with Gasteiger partial charge in [-0.3, -0.25) is 0 Å². The van der Waals surface area contributed by atoms with Gasteiger partial charge in [-0.1, -0.05) is 6.07 Å². The molecule has 0 aliphatic rings. The number of hydrogen-bond donors (Lipinski definition) is 2. The number of aliphatic hydroxyl groups is 1. The molecule has 15 heavy (non-hydrogen) atoms. The lowest BCUT2D eigenvalue weighted by atomic mass is 10.0. The van der Waals surface area contributed by atoms with Crippen molar-refractivity contribution in [2.45, 2.75) is 26.0 Å². The maximum Gasteiger partial charge on any atom is 0.165 e. The van der Waals surface area contributed by atoms with E-state index in [2.05, 4.69) is 0 Å². The van der Waals surface area contributed by atoms with Crippen molar-refractivity contribution in [2.75, 3.05) is 6.61 Å². The fourth-order valence-electron chi connectivity index (χ4n) is 1.28. The predicted octanol–water partition coefficient (Wildman–Crippen LogP) is 1.60. The van der Waals surface area contributed by atoms with Gasteiger partial charge in [-0.25, -0.2) is 4.39 Å². The van der Waals surface area contributed by atoms with Crippen LogP contribution in [-0.2, 0) is 0 Å². The lowest BCUT2D eigenvalue weighted by molar-refractivity contribution is 0.153. The van der Waals surface area contributed by atoms with E-state index in [0.717, 1.165) is 0 Å². The molecule has 0 saturated heterocycles. The predicted molar refractivity (Wildman–Crippen MR) is 56.2 cm³/mol. The minimum absolute atomic E-state index is 0.193. The van der Waals surface area contributed by atoms with Crippen LogP contribution in [0.3, 0.4) is 0 Å². The first-order chi connectivity index (χ1) is 7.06. The second kappa shape index (κ2) is 5.09. The molecule has 0 amide bonds. The molecule has 1 aromatic carbocycles. The van der Waals surface area contributed by atoms with Crippen molar-refractivity contribution in [3.8, 4) is 5.75 Å². The quantitative estimate of drug-likeness (QED) is 0.798. The molecule has 0 saturated carbocycles. The van der Waals surface area contributed by atoms with Gasteiger partial charge >= 0.3 is 0 Å². The van der Waals surface area contributed by atoms with Gasteiger partial charge in [0.25, 0.3) is 0 Å². The maximum atomic E-state index is 13.4. The molecule has 1 aromatic rings. The van der Waals surface area contributed by atoms with Crippen LogP contribution < -0.4 is 10.5 Å². The molecule has 84 valence electrons.